The molecule has 1 saturated heterocycles. The molecule has 0 radical (unpaired) electrons. The van der Waals surface area contributed by atoms with Crippen LogP contribution in [0, 0.1) is 5.92 Å². The monoisotopic (exact) mass is 184 g/mol. The van der Waals surface area contributed by atoms with E-state index in [1.807, 2.05) is 0 Å². The minimum atomic E-state index is -0.00649. The SMILES string of the molecule is CCCCCC[C@H]1OC(=O)C[C@@H]1C. The Balaban J connectivity index is 2.11. The minimum absolute atomic E-state index is 0.00649. The van der Waals surface area contributed by atoms with Crippen LogP contribution in [0.3, 0.4) is 0 Å². The molecule has 0 bridgehead atoms. The smallest absolute Gasteiger partial charge is 0.306 e. The molecule has 1 rings (SSSR count). The number of hydrogen-bond donors (Lipinski definition) is 0. The summed E-state index contributed by atoms with van der Waals surface area (Å²) < 4.78 is 5.21. The van der Waals surface area contributed by atoms with E-state index >= 15 is 0 Å². The molecule has 1 heterocycles. The molecule has 0 N–H and O–H groups in total. The summed E-state index contributed by atoms with van der Waals surface area (Å²) in [5, 5.41) is 0. The second-order valence-electron chi connectivity index (χ2n) is 4.06. The highest BCUT2D eigenvalue weighted by Gasteiger charge is 2.30. The average molecular weight is 184 g/mol. The normalized spacial score (nSPS) is 27.7. The van der Waals surface area contributed by atoms with Gasteiger partial charge in [-0.3, -0.25) is 4.79 Å². The molecule has 76 valence electrons. The Morgan fingerprint density at radius 3 is 2.69 bits per heavy atom. The zero-order valence-electron chi connectivity index (χ0n) is 8.71. The Morgan fingerprint density at radius 2 is 2.15 bits per heavy atom. The average Bonchev–Trinajstić information content (AvgIpc) is 2.39. The van der Waals surface area contributed by atoms with E-state index in [-0.39, 0.29) is 12.1 Å². The van der Waals surface area contributed by atoms with Gasteiger partial charge in [0.1, 0.15) is 6.10 Å². The van der Waals surface area contributed by atoms with Crippen molar-refractivity contribution in [1.29, 1.82) is 0 Å². The lowest BCUT2D eigenvalue weighted by Crippen LogP contribution is -2.12. The van der Waals surface area contributed by atoms with Crippen LogP contribution in [0.25, 0.3) is 0 Å². The molecule has 13 heavy (non-hydrogen) atoms. The van der Waals surface area contributed by atoms with Crippen molar-refractivity contribution in [2.24, 2.45) is 5.92 Å². The van der Waals surface area contributed by atoms with Crippen molar-refractivity contribution in [3.63, 3.8) is 0 Å². The molecule has 1 aliphatic rings. The lowest BCUT2D eigenvalue weighted by atomic mass is 9.98. The van der Waals surface area contributed by atoms with E-state index in [1.54, 1.807) is 0 Å². The van der Waals surface area contributed by atoms with Crippen molar-refractivity contribution in [2.45, 2.75) is 58.5 Å². The molecule has 0 unspecified atom stereocenters. The Hall–Kier alpha value is -0.530. The van der Waals surface area contributed by atoms with Crippen LogP contribution < -0.4 is 0 Å². The number of rotatable bonds is 5. The number of cyclic esters (lactones) is 1. The molecule has 2 nitrogen and oxygen atoms in total. The van der Waals surface area contributed by atoms with Crippen molar-refractivity contribution >= 4 is 5.97 Å². The summed E-state index contributed by atoms with van der Waals surface area (Å²) >= 11 is 0. The number of hydrogen-bond acceptors (Lipinski definition) is 2. The summed E-state index contributed by atoms with van der Waals surface area (Å²) in [6.07, 6.45) is 6.94. The fourth-order valence-electron chi connectivity index (χ4n) is 1.84. The van der Waals surface area contributed by atoms with Gasteiger partial charge in [-0.15, -0.1) is 0 Å². The van der Waals surface area contributed by atoms with Crippen LogP contribution in [-0.4, -0.2) is 12.1 Å². The minimum Gasteiger partial charge on any atom is -0.462 e. The molecule has 0 aromatic carbocycles. The Morgan fingerprint density at radius 1 is 1.38 bits per heavy atom. The van der Waals surface area contributed by atoms with Gasteiger partial charge in [0, 0.05) is 5.92 Å². The first-order valence-corrected chi connectivity index (χ1v) is 5.43. The first-order chi connectivity index (χ1) is 6.24. The summed E-state index contributed by atoms with van der Waals surface area (Å²) in [5.74, 6) is 0.433. The van der Waals surface area contributed by atoms with Crippen molar-refractivity contribution in [3.8, 4) is 0 Å². The molecular formula is C11H20O2. The van der Waals surface area contributed by atoms with Gasteiger partial charge < -0.3 is 4.74 Å². The van der Waals surface area contributed by atoms with E-state index in [4.69, 9.17) is 4.74 Å². The van der Waals surface area contributed by atoms with Gasteiger partial charge in [0.05, 0.1) is 6.42 Å². The van der Waals surface area contributed by atoms with Gasteiger partial charge in [-0.25, -0.2) is 0 Å². The molecule has 0 amide bonds. The van der Waals surface area contributed by atoms with E-state index in [1.165, 1.54) is 25.7 Å². The molecular weight excluding hydrogens is 164 g/mol. The molecule has 0 spiro atoms. The van der Waals surface area contributed by atoms with Crippen molar-refractivity contribution in [1.82, 2.24) is 0 Å². The lowest BCUT2D eigenvalue weighted by Gasteiger charge is -2.12. The van der Waals surface area contributed by atoms with Gasteiger partial charge >= 0.3 is 5.97 Å². The third-order valence-electron chi connectivity index (χ3n) is 2.75. The van der Waals surface area contributed by atoms with Gasteiger partial charge in [-0.05, 0) is 12.8 Å². The molecule has 1 fully saturated rings. The summed E-state index contributed by atoms with van der Waals surface area (Å²) in [6.45, 7) is 4.31. The van der Waals surface area contributed by atoms with Crippen LogP contribution in [0.4, 0.5) is 0 Å². The quantitative estimate of drug-likeness (QED) is 0.485. The van der Waals surface area contributed by atoms with E-state index in [0.717, 1.165) is 6.42 Å². The number of unbranched alkanes of at least 4 members (excludes halogenated alkanes) is 3. The van der Waals surface area contributed by atoms with E-state index in [2.05, 4.69) is 13.8 Å². The second kappa shape index (κ2) is 5.25. The zero-order chi connectivity index (χ0) is 9.68. The summed E-state index contributed by atoms with van der Waals surface area (Å²) in [5.41, 5.74) is 0. The van der Waals surface area contributed by atoms with E-state index in [9.17, 15) is 4.79 Å². The van der Waals surface area contributed by atoms with Gasteiger partial charge in [0.25, 0.3) is 0 Å². The predicted octanol–water partition coefficient (Wildman–Crippen LogP) is 2.91. The van der Waals surface area contributed by atoms with E-state index < -0.39 is 0 Å². The highest BCUT2D eigenvalue weighted by molar-refractivity contribution is 5.71. The largest absolute Gasteiger partial charge is 0.462 e. The Bertz CT molecular complexity index is 165. The van der Waals surface area contributed by atoms with Gasteiger partial charge in [0.15, 0.2) is 0 Å². The number of carbonyl (C=O) groups is 1. The summed E-state index contributed by atoms with van der Waals surface area (Å²) in [6, 6.07) is 0. The second-order valence-corrected chi connectivity index (χ2v) is 4.06. The summed E-state index contributed by atoms with van der Waals surface area (Å²) in [7, 11) is 0. The number of ether oxygens (including phenoxy) is 1. The van der Waals surface area contributed by atoms with E-state index in [0.29, 0.717) is 12.3 Å². The molecule has 0 aliphatic carbocycles. The fourth-order valence-corrected chi connectivity index (χ4v) is 1.84. The van der Waals surface area contributed by atoms with Crippen LogP contribution in [-0.2, 0) is 9.53 Å². The highest BCUT2D eigenvalue weighted by atomic mass is 16.5. The van der Waals surface area contributed by atoms with Gasteiger partial charge in [-0.2, -0.15) is 0 Å². The van der Waals surface area contributed by atoms with Crippen LogP contribution in [0.2, 0.25) is 0 Å². The van der Waals surface area contributed by atoms with Crippen LogP contribution in [0.15, 0.2) is 0 Å². The summed E-state index contributed by atoms with van der Waals surface area (Å²) in [4.78, 5) is 10.9. The standard InChI is InChI=1S/C11H20O2/c1-3-4-5-6-7-10-9(2)8-11(12)13-10/h9-10H,3-8H2,1-2H3/t9-,10+/m0/s1. The molecule has 2 atom stereocenters. The third kappa shape index (κ3) is 3.37. The molecule has 0 aromatic rings. The third-order valence-corrected chi connectivity index (χ3v) is 2.75. The Kier molecular flexibility index (Phi) is 4.26. The van der Waals surface area contributed by atoms with Crippen LogP contribution >= 0.6 is 0 Å². The maximum absolute atomic E-state index is 10.9. The molecule has 0 aromatic heterocycles. The van der Waals surface area contributed by atoms with Gasteiger partial charge in [-0.1, -0.05) is 33.1 Å². The van der Waals surface area contributed by atoms with Crippen LogP contribution in [0.1, 0.15) is 52.4 Å². The van der Waals surface area contributed by atoms with Crippen molar-refractivity contribution < 1.29 is 9.53 Å². The first kappa shape index (κ1) is 10.6. The number of carbonyl (C=O) groups excluding carboxylic acids is 1. The number of esters is 1. The fraction of sp³-hybridized carbons (Fsp3) is 0.909. The molecule has 1 aliphatic heterocycles. The lowest BCUT2D eigenvalue weighted by molar-refractivity contribution is -0.141. The maximum Gasteiger partial charge on any atom is 0.306 e. The maximum atomic E-state index is 10.9. The van der Waals surface area contributed by atoms with Crippen LogP contribution in [0.5, 0.6) is 0 Å². The predicted molar refractivity (Wildman–Crippen MR) is 52.4 cm³/mol. The molecule has 2 heteroatoms. The highest BCUT2D eigenvalue weighted by Crippen LogP contribution is 2.25. The first-order valence-electron chi connectivity index (χ1n) is 5.43. The zero-order valence-corrected chi connectivity index (χ0v) is 8.71. The Labute approximate surface area is 80.7 Å². The topological polar surface area (TPSA) is 26.3 Å². The van der Waals surface area contributed by atoms with Crippen molar-refractivity contribution in [2.75, 3.05) is 0 Å². The van der Waals surface area contributed by atoms with Crippen molar-refractivity contribution in [3.05, 3.63) is 0 Å². The molecule has 0 saturated carbocycles. The van der Waals surface area contributed by atoms with Gasteiger partial charge in [0.2, 0.25) is 0 Å².